The number of halogens is 1. The number of aromatic amines is 1. The van der Waals surface area contributed by atoms with E-state index in [-0.39, 0.29) is 24.2 Å². The van der Waals surface area contributed by atoms with Crippen LogP contribution >= 0.6 is 11.6 Å². The quantitative estimate of drug-likeness (QED) is 0.417. The number of amides is 1. The number of nitrogens with zero attached hydrogens (tertiary/aromatic N) is 1. The second kappa shape index (κ2) is 8.11. The van der Waals surface area contributed by atoms with Crippen LogP contribution in [-0.2, 0) is 17.8 Å². The van der Waals surface area contributed by atoms with Crippen molar-refractivity contribution < 1.29 is 19.6 Å². The Morgan fingerprint density at radius 2 is 1.90 bits per heavy atom. The Kier molecular flexibility index (Phi) is 5.60. The average Bonchev–Trinajstić information content (AvgIpc) is 2.66. The molecule has 0 bridgehead atoms. The fourth-order valence-corrected chi connectivity index (χ4v) is 3.17. The summed E-state index contributed by atoms with van der Waals surface area (Å²) >= 11 is 6.07. The highest BCUT2D eigenvalue weighted by molar-refractivity contribution is 6.31. The largest absolute Gasteiger partial charge is 0.477 e. The minimum atomic E-state index is -1.37. The Labute approximate surface area is 168 Å². The van der Waals surface area contributed by atoms with Gasteiger partial charge in [-0.25, -0.2) is 4.79 Å². The van der Waals surface area contributed by atoms with Gasteiger partial charge in [0, 0.05) is 28.6 Å². The van der Waals surface area contributed by atoms with Crippen LogP contribution in [0.3, 0.4) is 0 Å². The number of carboxylic acids is 1. The molecular formula is C19H14ClN3O6. The van der Waals surface area contributed by atoms with E-state index in [1.165, 1.54) is 36.4 Å². The van der Waals surface area contributed by atoms with Crippen molar-refractivity contribution in [2.24, 2.45) is 0 Å². The first-order valence-electron chi connectivity index (χ1n) is 8.34. The molecule has 29 heavy (non-hydrogen) atoms. The Balaban J connectivity index is 1.84. The molecule has 0 spiro atoms. The van der Waals surface area contributed by atoms with Gasteiger partial charge in [0.2, 0.25) is 5.91 Å². The lowest BCUT2D eigenvalue weighted by atomic mass is 10.1. The minimum absolute atomic E-state index is 0.0150. The molecule has 148 valence electrons. The molecule has 1 aromatic heterocycles. The third-order valence-electron chi connectivity index (χ3n) is 4.24. The van der Waals surface area contributed by atoms with Crippen molar-refractivity contribution in [3.05, 3.63) is 84.6 Å². The molecule has 3 rings (SSSR count). The van der Waals surface area contributed by atoms with Crippen molar-refractivity contribution in [1.82, 2.24) is 10.3 Å². The molecule has 3 N–H and O–H groups in total. The fraction of sp³-hybridized carbons (Fsp3) is 0.105. The average molecular weight is 416 g/mol. The molecule has 1 amide bonds. The molecule has 9 nitrogen and oxygen atoms in total. The predicted octanol–water partition coefficient (Wildman–Crippen LogP) is 2.65. The monoisotopic (exact) mass is 415 g/mol. The highest BCUT2D eigenvalue weighted by atomic mass is 35.5. The van der Waals surface area contributed by atoms with Crippen molar-refractivity contribution in [2.45, 2.75) is 13.0 Å². The van der Waals surface area contributed by atoms with E-state index in [0.717, 1.165) is 0 Å². The lowest BCUT2D eigenvalue weighted by Gasteiger charge is -2.10. The number of carbonyl (C=O) groups excluding carboxylic acids is 1. The Bertz CT molecular complexity index is 1200. The maximum absolute atomic E-state index is 12.3. The van der Waals surface area contributed by atoms with Gasteiger partial charge in [-0.2, -0.15) is 0 Å². The van der Waals surface area contributed by atoms with Crippen molar-refractivity contribution in [3.8, 4) is 0 Å². The lowest BCUT2D eigenvalue weighted by molar-refractivity contribution is -0.385. The number of pyridine rings is 1. The van der Waals surface area contributed by atoms with Crippen LogP contribution in [0, 0.1) is 10.1 Å². The summed E-state index contributed by atoms with van der Waals surface area (Å²) in [6.07, 6.45) is -0.199. The number of hydrogen-bond donors (Lipinski definition) is 3. The van der Waals surface area contributed by atoms with Crippen LogP contribution in [0.4, 0.5) is 5.69 Å². The number of benzene rings is 2. The van der Waals surface area contributed by atoms with Crippen LogP contribution in [0.5, 0.6) is 0 Å². The van der Waals surface area contributed by atoms with E-state index in [0.29, 0.717) is 21.5 Å². The summed E-state index contributed by atoms with van der Waals surface area (Å²) in [6.45, 7) is -0.0150. The molecule has 0 aliphatic carbocycles. The van der Waals surface area contributed by atoms with Gasteiger partial charge in [0.25, 0.3) is 11.2 Å². The fourth-order valence-electron chi connectivity index (χ4n) is 2.92. The molecule has 0 aliphatic heterocycles. The number of nitro benzene ring substituents is 1. The van der Waals surface area contributed by atoms with Gasteiger partial charge in [0.1, 0.15) is 5.56 Å². The highest BCUT2D eigenvalue weighted by Crippen LogP contribution is 2.23. The molecule has 0 fully saturated rings. The molecule has 0 atom stereocenters. The third-order valence-corrected chi connectivity index (χ3v) is 4.46. The summed E-state index contributed by atoms with van der Waals surface area (Å²) in [6, 6.07) is 10.2. The Hall–Kier alpha value is -3.72. The number of nitro groups is 1. The third kappa shape index (κ3) is 4.41. The number of nitrogens with one attached hydrogen (secondary N) is 2. The van der Waals surface area contributed by atoms with Crippen LogP contribution in [0.2, 0.25) is 5.02 Å². The van der Waals surface area contributed by atoms with Crippen LogP contribution in [0.1, 0.15) is 21.5 Å². The van der Waals surface area contributed by atoms with E-state index in [1.54, 1.807) is 6.07 Å². The standard InChI is InChI=1S/C19H14ClN3O6/c20-13-5-11-7-14(19(26)27)18(25)22-17(11)12(6-13)9-21-16(24)8-10-3-1-2-4-15(10)23(28)29/h1-7H,8-9H2,(H,21,24)(H,22,25)(H,26,27). The topological polar surface area (TPSA) is 142 Å². The summed E-state index contributed by atoms with van der Waals surface area (Å²) in [5.41, 5.74) is -0.273. The van der Waals surface area contributed by atoms with E-state index in [9.17, 15) is 24.5 Å². The molecular weight excluding hydrogens is 402 g/mol. The normalized spacial score (nSPS) is 10.7. The summed E-state index contributed by atoms with van der Waals surface area (Å²) in [7, 11) is 0. The number of carboxylic acid groups (broad SMARTS) is 1. The van der Waals surface area contributed by atoms with Crippen LogP contribution in [0.15, 0.2) is 47.3 Å². The van der Waals surface area contributed by atoms with E-state index in [2.05, 4.69) is 10.3 Å². The Morgan fingerprint density at radius 1 is 1.17 bits per heavy atom. The van der Waals surface area contributed by atoms with Crippen LogP contribution < -0.4 is 10.9 Å². The van der Waals surface area contributed by atoms with Crippen LogP contribution in [0.25, 0.3) is 10.9 Å². The van der Waals surface area contributed by atoms with Gasteiger partial charge in [-0.1, -0.05) is 29.8 Å². The zero-order valence-electron chi connectivity index (χ0n) is 14.8. The van der Waals surface area contributed by atoms with Gasteiger partial charge < -0.3 is 15.4 Å². The van der Waals surface area contributed by atoms with Gasteiger partial charge in [0.05, 0.1) is 16.9 Å². The molecule has 0 saturated carbocycles. The minimum Gasteiger partial charge on any atom is -0.477 e. The van der Waals surface area contributed by atoms with Gasteiger partial charge >= 0.3 is 5.97 Å². The lowest BCUT2D eigenvalue weighted by Crippen LogP contribution is -2.25. The molecule has 1 heterocycles. The van der Waals surface area contributed by atoms with Crippen molar-refractivity contribution >= 4 is 40.1 Å². The number of para-hydroxylation sites is 1. The number of hydrogen-bond acceptors (Lipinski definition) is 5. The molecule has 0 radical (unpaired) electrons. The number of rotatable bonds is 6. The molecule has 0 unspecified atom stereocenters. The molecule has 2 aromatic carbocycles. The molecule has 0 aliphatic rings. The SMILES string of the molecule is O=C(Cc1ccccc1[N+](=O)[O-])NCc1cc(Cl)cc2cc(C(=O)O)c(=O)[nH]c12. The van der Waals surface area contributed by atoms with Gasteiger partial charge in [-0.3, -0.25) is 19.7 Å². The number of carbonyl (C=O) groups is 2. The highest BCUT2D eigenvalue weighted by Gasteiger charge is 2.16. The van der Waals surface area contributed by atoms with E-state index < -0.39 is 27.9 Å². The first-order chi connectivity index (χ1) is 13.8. The second-order valence-electron chi connectivity index (χ2n) is 6.19. The summed E-state index contributed by atoms with van der Waals surface area (Å²) < 4.78 is 0. The van der Waals surface area contributed by atoms with Gasteiger partial charge in [-0.15, -0.1) is 0 Å². The molecule has 0 saturated heterocycles. The molecule has 3 aromatic rings. The van der Waals surface area contributed by atoms with Crippen molar-refractivity contribution in [3.63, 3.8) is 0 Å². The predicted molar refractivity (Wildman–Crippen MR) is 105 cm³/mol. The van der Waals surface area contributed by atoms with Crippen LogP contribution in [-0.4, -0.2) is 26.9 Å². The van der Waals surface area contributed by atoms with Gasteiger partial charge in [0.15, 0.2) is 0 Å². The number of H-pyrrole nitrogens is 1. The summed E-state index contributed by atoms with van der Waals surface area (Å²) in [5, 5.41) is 23.5. The van der Waals surface area contributed by atoms with E-state index in [1.807, 2.05) is 0 Å². The maximum atomic E-state index is 12.3. The number of aromatic carboxylic acids is 1. The summed E-state index contributed by atoms with van der Waals surface area (Å²) in [5.74, 6) is -1.83. The molecule has 10 heteroatoms. The second-order valence-corrected chi connectivity index (χ2v) is 6.62. The van der Waals surface area contributed by atoms with Crippen molar-refractivity contribution in [2.75, 3.05) is 0 Å². The number of aromatic nitrogens is 1. The van der Waals surface area contributed by atoms with Gasteiger partial charge in [-0.05, 0) is 23.8 Å². The zero-order valence-corrected chi connectivity index (χ0v) is 15.5. The first-order valence-corrected chi connectivity index (χ1v) is 8.72. The Morgan fingerprint density at radius 3 is 2.59 bits per heavy atom. The van der Waals surface area contributed by atoms with E-state index >= 15 is 0 Å². The maximum Gasteiger partial charge on any atom is 0.341 e. The zero-order chi connectivity index (χ0) is 21.1. The number of fused-ring (bicyclic) bond motifs is 1. The smallest absolute Gasteiger partial charge is 0.341 e. The van der Waals surface area contributed by atoms with Crippen molar-refractivity contribution in [1.29, 1.82) is 0 Å². The van der Waals surface area contributed by atoms with E-state index in [4.69, 9.17) is 16.7 Å². The summed E-state index contributed by atoms with van der Waals surface area (Å²) in [4.78, 5) is 48.4. The first kappa shape index (κ1) is 20.0.